The van der Waals surface area contributed by atoms with E-state index in [-0.39, 0.29) is 5.75 Å². The summed E-state index contributed by atoms with van der Waals surface area (Å²) in [5.41, 5.74) is 0.881. The number of halogens is 1. The average Bonchev–Trinajstić information content (AvgIpc) is 2.79. The number of imidazole rings is 1. The molecule has 94 valence electrons. The first kappa shape index (κ1) is 11.6. The monoisotopic (exact) mass is 284 g/mol. The van der Waals surface area contributed by atoms with Crippen LogP contribution in [0.1, 0.15) is 6.04 Å². The van der Waals surface area contributed by atoms with Crippen molar-refractivity contribution >= 4 is 33.1 Å². The van der Waals surface area contributed by atoms with Gasteiger partial charge in [0.2, 0.25) is 0 Å². The lowest BCUT2D eigenvalue weighted by Gasteiger charge is -2.10. The predicted molar refractivity (Wildman–Crippen MR) is 69.0 cm³/mol. The first-order valence-corrected chi connectivity index (χ1v) is 7.40. The molecule has 1 unspecified atom stereocenters. The number of aromatic amines is 1. The van der Waals surface area contributed by atoms with Crippen molar-refractivity contribution in [3.05, 3.63) is 40.3 Å². The molecule has 0 amide bonds. The van der Waals surface area contributed by atoms with Crippen molar-refractivity contribution in [1.29, 1.82) is 0 Å². The molecule has 1 atom stereocenters. The number of nitrogens with zero attached hydrogens (tertiary/aromatic N) is 1. The Morgan fingerprint density at radius 2 is 2.22 bits per heavy atom. The van der Waals surface area contributed by atoms with Crippen molar-refractivity contribution in [3.8, 4) is 0 Å². The summed E-state index contributed by atoms with van der Waals surface area (Å²) in [6.45, 7) is 0. The number of sulfone groups is 1. The van der Waals surface area contributed by atoms with Crippen LogP contribution in [-0.2, 0) is 9.84 Å². The van der Waals surface area contributed by atoms with Crippen LogP contribution in [0.4, 0.5) is 4.39 Å². The number of para-hydroxylation sites is 1. The van der Waals surface area contributed by atoms with E-state index in [0.29, 0.717) is 15.8 Å². The Balaban J connectivity index is 2.28. The Morgan fingerprint density at radius 3 is 2.89 bits per heavy atom. The number of rotatable bonds is 1. The van der Waals surface area contributed by atoms with Crippen molar-refractivity contribution in [2.75, 3.05) is 5.75 Å². The van der Waals surface area contributed by atoms with Gasteiger partial charge in [-0.05, 0) is 30.4 Å². The normalized spacial score (nSPS) is 21.7. The Kier molecular flexibility index (Phi) is 2.43. The van der Waals surface area contributed by atoms with E-state index >= 15 is 0 Å². The summed E-state index contributed by atoms with van der Waals surface area (Å²) in [6, 6.07) is 4.16. The molecule has 1 aromatic carbocycles. The highest BCUT2D eigenvalue weighted by molar-refractivity contribution is 7.94. The van der Waals surface area contributed by atoms with E-state index in [9.17, 15) is 12.8 Å². The maximum Gasteiger partial charge on any atom is 0.178 e. The highest BCUT2D eigenvalue weighted by Crippen LogP contribution is 2.27. The minimum atomic E-state index is -3.20. The lowest BCUT2D eigenvalue weighted by molar-refractivity contribution is 0.587. The molecular formula is C11H9FN2O2S2. The smallest absolute Gasteiger partial charge is 0.178 e. The number of fused-ring (bicyclic) bond motifs is 1. The van der Waals surface area contributed by atoms with Gasteiger partial charge < -0.3 is 9.55 Å². The zero-order valence-electron chi connectivity index (χ0n) is 9.13. The summed E-state index contributed by atoms with van der Waals surface area (Å²) in [7, 11) is -3.20. The zero-order chi connectivity index (χ0) is 12.9. The standard InChI is InChI=1S/C11H9FN2O2S2/c12-8-2-1-3-9-10(8)14(11(17)13-9)7-4-5-18(15,16)6-7/h1-5,7H,6H2,(H,13,17). The number of hydrogen-bond acceptors (Lipinski definition) is 3. The summed E-state index contributed by atoms with van der Waals surface area (Å²) < 4.78 is 38.5. The summed E-state index contributed by atoms with van der Waals surface area (Å²) in [5, 5.41) is 1.15. The third-order valence-corrected chi connectivity index (χ3v) is 4.61. The van der Waals surface area contributed by atoms with Crippen LogP contribution in [0.3, 0.4) is 0 Å². The van der Waals surface area contributed by atoms with Gasteiger partial charge in [-0.15, -0.1) is 0 Å². The molecule has 0 aliphatic carbocycles. The molecule has 1 aliphatic heterocycles. The molecule has 1 N–H and O–H groups in total. The van der Waals surface area contributed by atoms with E-state index in [4.69, 9.17) is 12.2 Å². The largest absolute Gasteiger partial charge is 0.330 e. The van der Waals surface area contributed by atoms with Crippen molar-refractivity contribution in [3.63, 3.8) is 0 Å². The quantitative estimate of drug-likeness (QED) is 0.818. The first-order chi connectivity index (χ1) is 8.48. The molecule has 2 aromatic rings. The zero-order valence-corrected chi connectivity index (χ0v) is 10.8. The van der Waals surface area contributed by atoms with Crippen LogP contribution in [-0.4, -0.2) is 23.7 Å². The van der Waals surface area contributed by atoms with Gasteiger partial charge in [0, 0.05) is 5.41 Å². The summed E-state index contributed by atoms with van der Waals surface area (Å²) in [5.74, 6) is -0.500. The molecule has 0 radical (unpaired) electrons. The fraction of sp³-hybridized carbons (Fsp3) is 0.182. The minimum absolute atomic E-state index is 0.0808. The van der Waals surface area contributed by atoms with Crippen LogP contribution >= 0.6 is 12.2 Å². The molecule has 1 aliphatic rings. The lowest BCUT2D eigenvalue weighted by atomic mass is 10.2. The molecule has 0 saturated heterocycles. The summed E-state index contributed by atoms with van der Waals surface area (Å²) in [4.78, 5) is 2.88. The molecule has 0 spiro atoms. The molecule has 4 nitrogen and oxygen atoms in total. The molecular weight excluding hydrogens is 275 g/mol. The van der Waals surface area contributed by atoms with Crippen LogP contribution in [0.2, 0.25) is 0 Å². The number of allylic oxidation sites excluding steroid dienone is 1. The predicted octanol–water partition coefficient (Wildman–Crippen LogP) is 2.32. The molecule has 0 fully saturated rings. The second kappa shape index (κ2) is 3.76. The summed E-state index contributed by atoms with van der Waals surface area (Å²) in [6.07, 6.45) is 1.53. The van der Waals surface area contributed by atoms with Gasteiger partial charge >= 0.3 is 0 Å². The molecule has 1 aromatic heterocycles. The molecule has 0 bridgehead atoms. The second-order valence-corrected chi connectivity index (χ2v) is 6.48. The molecule has 2 heterocycles. The van der Waals surface area contributed by atoms with Crippen LogP contribution in [0, 0.1) is 10.6 Å². The number of hydrogen-bond donors (Lipinski definition) is 1. The Labute approximate surface area is 108 Å². The maximum absolute atomic E-state index is 13.8. The fourth-order valence-corrected chi connectivity index (χ4v) is 3.78. The molecule has 7 heteroatoms. The number of benzene rings is 1. The van der Waals surface area contributed by atoms with Gasteiger partial charge in [0.05, 0.1) is 17.3 Å². The Morgan fingerprint density at radius 1 is 1.44 bits per heavy atom. The number of H-pyrrole nitrogens is 1. The fourth-order valence-electron chi connectivity index (χ4n) is 2.17. The Bertz CT molecular complexity index is 817. The average molecular weight is 284 g/mol. The number of nitrogens with one attached hydrogen (secondary N) is 1. The SMILES string of the molecule is O=S1(=O)C=CC(n2c(=S)[nH]c3cccc(F)c32)C1. The van der Waals surface area contributed by atoms with Crippen LogP contribution in [0.15, 0.2) is 29.7 Å². The van der Waals surface area contributed by atoms with Crippen molar-refractivity contribution in [2.24, 2.45) is 0 Å². The van der Waals surface area contributed by atoms with E-state index in [1.165, 1.54) is 16.7 Å². The minimum Gasteiger partial charge on any atom is -0.330 e. The van der Waals surface area contributed by atoms with Gasteiger partial charge in [0.25, 0.3) is 0 Å². The van der Waals surface area contributed by atoms with E-state index in [2.05, 4.69) is 4.98 Å². The van der Waals surface area contributed by atoms with Gasteiger partial charge in [-0.25, -0.2) is 12.8 Å². The third-order valence-electron chi connectivity index (χ3n) is 2.93. The first-order valence-electron chi connectivity index (χ1n) is 5.28. The third kappa shape index (κ3) is 1.70. The molecule has 3 rings (SSSR count). The Hall–Kier alpha value is -1.47. The van der Waals surface area contributed by atoms with E-state index in [0.717, 1.165) is 5.41 Å². The van der Waals surface area contributed by atoms with Crippen LogP contribution in [0.5, 0.6) is 0 Å². The van der Waals surface area contributed by atoms with Crippen molar-refractivity contribution in [2.45, 2.75) is 6.04 Å². The van der Waals surface area contributed by atoms with Gasteiger partial charge in [0.15, 0.2) is 14.6 Å². The van der Waals surface area contributed by atoms with E-state index in [1.807, 2.05) is 0 Å². The topological polar surface area (TPSA) is 54.9 Å². The van der Waals surface area contributed by atoms with Crippen molar-refractivity contribution in [1.82, 2.24) is 9.55 Å². The lowest BCUT2D eigenvalue weighted by Crippen LogP contribution is -2.12. The summed E-state index contributed by atoms with van der Waals surface area (Å²) >= 11 is 5.14. The van der Waals surface area contributed by atoms with Gasteiger partial charge in [-0.3, -0.25) is 0 Å². The van der Waals surface area contributed by atoms with Gasteiger partial charge in [-0.2, -0.15) is 0 Å². The highest BCUT2D eigenvalue weighted by atomic mass is 32.2. The van der Waals surface area contributed by atoms with Gasteiger partial charge in [-0.1, -0.05) is 6.07 Å². The van der Waals surface area contributed by atoms with E-state index < -0.39 is 21.7 Å². The molecule has 0 saturated carbocycles. The van der Waals surface area contributed by atoms with Gasteiger partial charge in [0.1, 0.15) is 11.3 Å². The highest BCUT2D eigenvalue weighted by Gasteiger charge is 2.25. The second-order valence-electron chi connectivity index (χ2n) is 4.16. The number of aromatic nitrogens is 2. The van der Waals surface area contributed by atoms with Crippen LogP contribution < -0.4 is 0 Å². The van der Waals surface area contributed by atoms with Crippen molar-refractivity contribution < 1.29 is 12.8 Å². The van der Waals surface area contributed by atoms with E-state index in [1.54, 1.807) is 12.1 Å². The van der Waals surface area contributed by atoms with Crippen LogP contribution in [0.25, 0.3) is 11.0 Å². The maximum atomic E-state index is 13.8. The molecule has 18 heavy (non-hydrogen) atoms.